The van der Waals surface area contributed by atoms with E-state index >= 15 is 0 Å². The SMILES string of the molecule is CC1CCC2(CC1)NC(=O)N(CC(=O)OC1CCOC1=O)C2=O. The van der Waals surface area contributed by atoms with Gasteiger partial charge in [-0.2, -0.15) is 0 Å². The second-order valence-electron chi connectivity index (χ2n) is 6.52. The van der Waals surface area contributed by atoms with Crippen molar-refractivity contribution in [3.05, 3.63) is 0 Å². The van der Waals surface area contributed by atoms with Crippen molar-refractivity contribution in [1.82, 2.24) is 10.2 Å². The van der Waals surface area contributed by atoms with Gasteiger partial charge < -0.3 is 14.8 Å². The fourth-order valence-corrected chi connectivity index (χ4v) is 3.32. The summed E-state index contributed by atoms with van der Waals surface area (Å²) in [7, 11) is 0. The highest BCUT2D eigenvalue weighted by molar-refractivity contribution is 6.08. The van der Waals surface area contributed by atoms with Crippen molar-refractivity contribution in [3.8, 4) is 0 Å². The molecular weight excluding hydrogens is 304 g/mol. The number of cyclic esters (lactones) is 1. The third kappa shape index (κ3) is 2.89. The van der Waals surface area contributed by atoms with Crippen molar-refractivity contribution in [2.24, 2.45) is 5.92 Å². The van der Waals surface area contributed by atoms with E-state index in [1.54, 1.807) is 0 Å². The van der Waals surface area contributed by atoms with Gasteiger partial charge in [-0.25, -0.2) is 9.59 Å². The number of hydrogen-bond donors (Lipinski definition) is 1. The third-order valence-corrected chi connectivity index (χ3v) is 4.82. The molecule has 0 aromatic rings. The number of nitrogens with one attached hydrogen (secondary N) is 1. The summed E-state index contributed by atoms with van der Waals surface area (Å²) in [4.78, 5) is 48.7. The molecule has 2 saturated heterocycles. The van der Waals surface area contributed by atoms with Crippen molar-refractivity contribution in [2.45, 2.75) is 50.7 Å². The molecule has 1 N–H and O–H groups in total. The van der Waals surface area contributed by atoms with Crippen molar-refractivity contribution >= 4 is 23.9 Å². The molecule has 3 fully saturated rings. The molecular formula is C15H20N2O6. The lowest BCUT2D eigenvalue weighted by Gasteiger charge is -2.33. The number of carbonyl (C=O) groups excluding carboxylic acids is 4. The van der Waals surface area contributed by atoms with Gasteiger partial charge in [0.2, 0.25) is 6.10 Å². The second kappa shape index (κ2) is 5.82. The highest BCUT2D eigenvalue weighted by atomic mass is 16.6. The van der Waals surface area contributed by atoms with Crippen LogP contribution in [0.5, 0.6) is 0 Å². The van der Waals surface area contributed by atoms with Crippen LogP contribution in [0.4, 0.5) is 4.79 Å². The van der Waals surface area contributed by atoms with Crippen LogP contribution in [-0.2, 0) is 23.9 Å². The Kier molecular flexibility index (Phi) is 3.99. The van der Waals surface area contributed by atoms with E-state index in [4.69, 9.17) is 9.47 Å². The summed E-state index contributed by atoms with van der Waals surface area (Å²) in [6, 6.07) is -0.574. The summed E-state index contributed by atoms with van der Waals surface area (Å²) in [5, 5.41) is 2.74. The first-order valence-corrected chi connectivity index (χ1v) is 7.91. The second-order valence-corrected chi connectivity index (χ2v) is 6.52. The predicted molar refractivity (Wildman–Crippen MR) is 76.1 cm³/mol. The van der Waals surface area contributed by atoms with Gasteiger partial charge in [-0.15, -0.1) is 0 Å². The van der Waals surface area contributed by atoms with Gasteiger partial charge in [-0.05, 0) is 31.6 Å². The molecule has 3 amide bonds. The van der Waals surface area contributed by atoms with Gasteiger partial charge in [-0.1, -0.05) is 6.92 Å². The lowest BCUT2D eigenvalue weighted by atomic mass is 9.77. The van der Waals surface area contributed by atoms with Gasteiger partial charge in [0.05, 0.1) is 6.61 Å². The topological polar surface area (TPSA) is 102 Å². The van der Waals surface area contributed by atoms with E-state index in [9.17, 15) is 19.2 Å². The number of imide groups is 1. The first-order chi connectivity index (χ1) is 10.9. The van der Waals surface area contributed by atoms with Crippen LogP contribution >= 0.6 is 0 Å². The van der Waals surface area contributed by atoms with Crippen molar-refractivity contribution < 1.29 is 28.7 Å². The third-order valence-electron chi connectivity index (χ3n) is 4.82. The van der Waals surface area contributed by atoms with Crippen molar-refractivity contribution in [1.29, 1.82) is 0 Å². The van der Waals surface area contributed by atoms with Crippen molar-refractivity contribution in [3.63, 3.8) is 0 Å². The van der Waals surface area contributed by atoms with Crippen LogP contribution < -0.4 is 5.32 Å². The maximum absolute atomic E-state index is 12.6. The van der Waals surface area contributed by atoms with Crippen LogP contribution in [0.25, 0.3) is 0 Å². The maximum Gasteiger partial charge on any atom is 0.347 e. The Bertz CT molecular complexity index is 552. The number of esters is 2. The van der Waals surface area contributed by atoms with Crippen LogP contribution in [0.1, 0.15) is 39.0 Å². The van der Waals surface area contributed by atoms with Gasteiger partial charge in [0, 0.05) is 6.42 Å². The number of rotatable bonds is 3. The molecule has 2 aliphatic heterocycles. The lowest BCUT2D eigenvalue weighted by Crippen LogP contribution is -2.49. The molecule has 1 saturated carbocycles. The summed E-state index contributed by atoms with van der Waals surface area (Å²) in [6.45, 7) is 1.84. The van der Waals surface area contributed by atoms with E-state index in [1.807, 2.05) is 0 Å². The van der Waals surface area contributed by atoms with Gasteiger partial charge in [0.25, 0.3) is 5.91 Å². The number of hydrogen-bond acceptors (Lipinski definition) is 6. The first-order valence-electron chi connectivity index (χ1n) is 7.91. The summed E-state index contributed by atoms with van der Waals surface area (Å²) >= 11 is 0. The molecule has 1 unspecified atom stereocenters. The highest BCUT2D eigenvalue weighted by Gasteiger charge is 2.52. The lowest BCUT2D eigenvalue weighted by molar-refractivity contribution is -0.161. The molecule has 23 heavy (non-hydrogen) atoms. The molecule has 126 valence electrons. The van der Waals surface area contributed by atoms with Crippen LogP contribution in [0.15, 0.2) is 0 Å². The molecule has 0 aromatic heterocycles. The summed E-state index contributed by atoms with van der Waals surface area (Å²) < 4.78 is 9.69. The number of amides is 3. The number of nitrogens with zero attached hydrogens (tertiary/aromatic N) is 1. The minimum absolute atomic E-state index is 0.210. The molecule has 8 nitrogen and oxygen atoms in total. The van der Waals surface area contributed by atoms with Crippen molar-refractivity contribution in [2.75, 3.05) is 13.2 Å². The smallest absolute Gasteiger partial charge is 0.347 e. The largest absolute Gasteiger partial charge is 0.463 e. The molecule has 2 heterocycles. The molecule has 1 spiro atoms. The van der Waals surface area contributed by atoms with Gasteiger partial charge in [0.1, 0.15) is 12.1 Å². The minimum atomic E-state index is -0.937. The molecule has 1 atom stereocenters. The molecule has 0 aromatic carbocycles. The fraction of sp³-hybridized carbons (Fsp3) is 0.733. The molecule has 0 bridgehead atoms. The van der Waals surface area contributed by atoms with E-state index in [0.717, 1.165) is 17.7 Å². The zero-order valence-corrected chi connectivity index (χ0v) is 13.0. The van der Waals surface area contributed by atoms with E-state index < -0.39 is 36.2 Å². The minimum Gasteiger partial charge on any atom is -0.463 e. The molecule has 3 aliphatic rings. The Labute approximate surface area is 133 Å². The zero-order valence-electron chi connectivity index (χ0n) is 13.0. The Morgan fingerprint density at radius 2 is 2.00 bits per heavy atom. The summed E-state index contributed by atoms with van der Waals surface area (Å²) in [5.41, 5.74) is -0.879. The average molecular weight is 324 g/mol. The number of carbonyl (C=O) groups is 4. The molecule has 1 aliphatic carbocycles. The van der Waals surface area contributed by atoms with Crippen LogP contribution in [0.2, 0.25) is 0 Å². The van der Waals surface area contributed by atoms with Gasteiger partial charge in [-0.3, -0.25) is 14.5 Å². The average Bonchev–Trinajstić information content (AvgIpc) is 3.00. The Balaban J connectivity index is 1.61. The molecule has 0 radical (unpaired) electrons. The Morgan fingerprint density at radius 3 is 2.61 bits per heavy atom. The van der Waals surface area contributed by atoms with E-state index in [-0.39, 0.29) is 12.5 Å². The quantitative estimate of drug-likeness (QED) is 0.593. The van der Waals surface area contributed by atoms with E-state index in [2.05, 4.69) is 12.2 Å². The maximum atomic E-state index is 12.6. The predicted octanol–water partition coefficient (Wildman–Crippen LogP) is 0.346. The van der Waals surface area contributed by atoms with Crippen LogP contribution in [-0.4, -0.2) is 53.6 Å². The standard InChI is InChI=1S/C15H20N2O6/c1-9-2-5-15(6-3-9)13(20)17(14(21)16-15)8-11(18)23-10-4-7-22-12(10)19/h9-10H,2-8H2,1H3,(H,16,21). The monoisotopic (exact) mass is 324 g/mol. The van der Waals surface area contributed by atoms with E-state index in [1.165, 1.54) is 0 Å². The number of urea groups is 1. The summed E-state index contributed by atoms with van der Waals surface area (Å²) in [5.74, 6) is -1.22. The molecule has 3 rings (SSSR count). The Morgan fingerprint density at radius 1 is 1.30 bits per heavy atom. The zero-order chi connectivity index (χ0) is 16.6. The van der Waals surface area contributed by atoms with E-state index in [0.29, 0.717) is 25.2 Å². The Hall–Kier alpha value is -2.12. The normalized spacial score (nSPS) is 33.8. The van der Waals surface area contributed by atoms with Crippen LogP contribution in [0, 0.1) is 5.92 Å². The van der Waals surface area contributed by atoms with Crippen LogP contribution in [0.3, 0.4) is 0 Å². The highest BCUT2D eigenvalue weighted by Crippen LogP contribution is 2.36. The van der Waals surface area contributed by atoms with Gasteiger partial charge in [0.15, 0.2) is 0 Å². The first kappa shape index (κ1) is 15.8. The number of ether oxygens (including phenoxy) is 2. The fourth-order valence-electron chi connectivity index (χ4n) is 3.32. The summed E-state index contributed by atoms with van der Waals surface area (Å²) in [6.07, 6.45) is 2.24. The molecule has 8 heteroatoms. The van der Waals surface area contributed by atoms with Gasteiger partial charge >= 0.3 is 18.0 Å².